The molecule has 1 amide bonds. The Balaban J connectivity index is 1.11. The lowest BCUT2D eigenvalue weighted by atomic mass is 9.87. The van der Waals surface area contributed by atoms with E-state index in [1.54, 1.807) is 7.05 Å². The zero-order chi connectivity index (χ0) is 27.7. The summed E-state index contributed by atoms with van der Waals surface area (Å²) in [6, 6.07) is 9.17. The van der Waals surface area contributed by atoms with Crippen LogP contribution in [-0.2, 0) is 21.1 Å². The first-order chi connectivity index (χ1) is 19.5. The van der Waals surface area contributed by atoms with Gasteiger partial charge in [-0.1, -0.05) is 12.6 Å². The Bertz CT molecular complexity index is 1370. The summed E-state index contributed by atoms with van der Waals surface area (Å²) in [4.78, 5) is 23.4. The number of ether oxygens (including phenoxy) is 1. The van der Waals surface area contributed by atoms with Crippen LogP contribution in [0.4, 0.5) is 17.2 Å². The Kier molecular flexibility index (Phi) is 7.72. The quantitative estimate of drug-likeness (QED) is 0.562. The van der Waals surface area contributed by atoms with Gasteiger partial charge in [-0.05, 0) is 74.5 Å². The molecule has 3 saturated heterocycles. The van der Waals surface area contributed by atoms with E-state index < -0.39 is 9.73 Å². The average molecular weight is 565 g/mol. The normalized spacial score (nSPS) is 21.8. The van der Waals surface area contributed by atoms with Crippen LogP contribution in [0.2, 0.25) is 0 Å². The van der Waals surface area contributed by atoms with Crippen LogP contribution in [0.15, 0.2) is 47.5 Å². The van der Waals surface area contributed by atoms with Crippen LogP contribution in [0.3, 0.4) is 0 Å². The van der Waals surface area contributed by atoms with Crippen LogP contribution in [0.1, 0.15) is 42.7 Å². The van der Waals surface area contributed by atoms with Crippen LogP contribution in [0, 0.1) is 0 Å². The number of aromatic nitrogens is 1. The van der Waals surface area contributed by atoms with Crippen molar-refractivity contribution >= 4 is 32.8 Å². The van der Waals surface area contributed by atoms with Crippen molar-refractivity contribution in [1.82, 2.24) is 14.8 Å². The zero-order valence-corrected chi connectivity index (χ0v) is 24.2. The van der Waals surface area contributed by atoms with Gasteiger partial charge in [-0.3, -0.25) is 4.79 Å². The highest BCUT2D eigenvalue weighted by atomic mass is 32.2. The molecule has 6 rings (SSSR count). The molecule has 0 aliphatic carbocycles. The van der Waals surface area contributed by atoms with E-state index in [2.05, 4.69) is 49.2 Å². The zero-order valence-electron chi connectivity index (χ0n) is 23.4. The molecule has 9 nitrogen and oxygen atoms in total. The number of amides is 1. The van der Waals surface area contributed by atoms with Gasteiger partial charge in [-0.25, -0.2) is 13.6 Å². The fourth-order valence-corrected chi connectivity index (χ4v) is 8.23. The monoisotopic (exact) mass is 564 g/mol. The topological polar surface area (TPSA) is 90.4 Å². The predicted octanol–water partition coefficient (Wildman–Crippen LogP) is 3.99. The maximum atomic E-state index is 12.7. The number of fused-ring (bicyclic) bond motifs is 2. The maximum Gasteiger partial charge on any atom is 0.245 e. The Morgan fingerprint density at radius 1 is 1.10 bits per heavy atom. The van der Waals surface area contributed by atoms with E-state index >= 15 is 0 Å². The maximum absolute atomic E-state index is 12.7. The van der Waals surface area contributed by atoms with Gasteiger partial charge in [0.15, 0.2) is 0 Å². The minimum atomic E-state index is -2.07. The number of carbonyl (C=O) groups is 1. The predicted molar refractivity (Wildman–Crippen MR) is 160 cm³/mol. The molecule has 0 bridgehead atoms. The summed E-state index contributed by atoms with van der Waals surface area (Å²) >= 11 is 0. The number of piperidine rings is 2. The Labute approximate surface area is 237 Å². The molecule has 3 fully saturated rings. The number of benzene rings is 1. The first kappa shape index (κ1) is 27.1. The number of anilines is 3. The van der Waals surface area contributed by atoms with Gasteiger partial charge in [-0.2, -0.15) is 0 Å². The van der Waals surface area contributed by atoms with Crippen LogP contribution in [-0.4, -0.2) is 88.8 Å². The van der Waals surface area contributed by atoms with Gasteiger partial charge < -0.3 is 24.8 Å². The number of hydrogen-bond donors (Lipinski definition) is 1. The van der Waals surface area contributed by atoms with E-state index in [1.807, 2.05) is 17.2 Å². The third kappa shape index (κ3) is 5.43. The number of pyridine rings is 1. The van der Waals surface area contributed by atoms with Crippen molar-refractivity contribution in [2.45, 2.75) is 44.2 Å². The van der Waals surface area contributed by atoms with E-state index in [0.717, 1.165) is 80.4 Å². The molecule has 10 heteroatoms. The molecule has 40 heavy (non-hydrogen) atoms. The molecule has 0 unspecified atom stereocenters. The third-order valence-electron chi connectivity index (χ3n) is 9.16. The fourth-order valence-electron chi connectivity index (χ4n) is 6.65. The van der Waals surface area contributed by atoms with E-state index in [4.69, 9.17) is 4.74 Å². The van der Waals surface area contributed by atoms with Crippen LogP contribution in [0.5, 0.6) is 5.75 Å². The minimum Gasteiger partial charge on any atom is -0.487 e. The minimum absolute atomic E-state index is 0.0537. The molecule has 0 saturated carbocycles. The summed E-state index contributed by atoms with van der Waals surface area (Å²) < 4.78 is 23.1. The van der Waals surface area contributed by atoms with Gasteiger partial charge in [0.05, 0.1) is 11.3 Å². The molecule has 0 atom stereocenters. The van der Waals surface area contributed by atoms with Gasteiger partial charge in [0.2, 0.25) is 5.91 Å². The molecule has 1 aromatic carbocycles. The van der Waals surface area contributed by atoms with Crippen LogP contribution < -0.4 is 15.0 Å². The highest BCUT2D eigenvalue weighted by molar-refractivity contribution is 7.93. The van der Waals surface area contributed by atoms with E-state index in [1.165, 1.54) is 11.6 Å². The smallest absolute Gasteiger partial charge is 0.245 e. The van der Waals surface area contributed by atoms with Crippen LogP contribution >= 0.6 is 0 Å². The fraction of sp³-hybridized carbons (Fsp3) is 0.533. The van der Waals surface area contributed by atoms with E-state index in [9.17, 15) is 9.00 Å². The van der Waals surface area contributed by atoms with Gasteiger partial charge in [0.25, 0.3) is 0 Å². The first-order valence-corrected chi connectivity index (χ1v) is 16.3. The standard InChI is InChI=1S/C30H40N6O3S/c1-3-29(37)36-14-9-24(10-15-36)34-12-7-22(8-13-34)23-4-5-28-26(20-23)33-30-25(21-39-28)27(6-11-32-30)35-16-18-40(38,31-2)19-17-35/h3-6,11,20,22,24H,1,7-10,12-19,21H2,2H3,(H,32,33). The molecule has 214 valence electrons. The highest BCUT2D eigenvalue weighted by Crippen LogP contribution is 2.40. The average Bonchev–Trinajstić information content (AvgIpc) is 3.20. The summed E-state index contributed by atoms with van der Waals surface area (Å²) in [5.41, 5.74) is 4.44. The molecular weight excluding hydrogens is 524 g/mol. The summed E-state index contributed by atoms with van der Waals surface area (Å²) in [7, 11) is -0.404. The lowest BCUT2D eigenvalue weighted by Gasteiger charge is -2.41. The highest BCUT2D eigenvalue weighted by Gasteiger charge is 2.30. The Morgan fingerprint density at radius 3 is 2.55 bits per heavy atom. The second-order valence-electron chi connectivity index (χ2n) is 11.2. The SMILES string of the molecule is C=CC(=O)N1CCC(N2CCC(c3ccc4c(c3)Nc3nccc(N5CCS(=O)(=NC)CC5)c3CO4)CC2)CC1. The largest absolute Gasteiger partial charge is 0.487 e. The summed E-state index contributed by atoms with van der Waals surface area (Å²) in [5, 5.41) is 3.58. The van der Waals surface area contributed by atoms with E-state index in [0.29, 0.717) is 43.2 Å². The molecule has 0 radical (unpaired) electrons. The van der Waals surface area contributed by atoms with Gasteiger partial charge in [0.1, 0.15) is 18.2 Å². The molecule has 1 aromatic heterocycles. The van der Waals surface area contributed by atoms with Gasteiger partial charge in [-0.15, -0.1) is 0 Å². The second kappa shape index (κ2) is 11.4. The molecule has 4 aliphatic rings. The molecule has 5 heterocycles. The lowest BCUT2D eigenvalue weighted by molar-refractivity contribution is -0.127. The van der Waals surface area contributed by atoms with Crippen molar-refractivity contribution in [2.24, 2.45) is 4.36 Å². The Hall–Kier alpha value is -3.11. The van der Waals surface area contributed by atoms with Gasteiger partial charge in [0, 0.05) is 72.4 Å². The molecule has 2 aromatic rings. The number of nitrogens with one attached hydrogen (secondary N) is 1. The Morgan fingerprint density at radius 2 is 1.85 bits per heavy atom. The number of carbonyl (C=O) groups excluding carboxylic acids is 1. The summed E-state index contributed by atoms with van der Waals surface area (Å²) in [6.45, 7) is 9.34. The number of hydrogen-bond acceptors (Lipinski definition) is 8. The lowest BCUT2D eigenvalue weighted by Crippen LogP contribution is -2.48. The van der Waals surface area contributed by atoms with Crippen molar-refractivity contribution in [3.05, 3.63) is 54.2 Å². The molecule has 4 aliphatic heterocycles. The van der Waals surface area contributed by atoms with Gasteiger partial charge >= 0.3 is 0 Å². The molecular formula is C30H40N6O3S. The van der Waals surface area contributed by atoms with Crippen LogP contribution in [0.25, 0.3) is 0 Å². The summed E-state index contributed by atoms with van der Waals surface area (Å²) in [6.07, 6.45) is 7.63. The third-order valence-corrected chi connectivity index (χ3v) is 11.5. The van der Waals surface area contributed by atoms with Crippen molar-refractivity contribution in [3.8, 4) is 5.75 Å². The summed E-state index contributed by atoms with van der Waals surface area (Å²) in [5.74, 6) is 3.42. The van der Waals surface area contributed by atoms with Crippen molar-refractivity contribution in [3.63, 3.8) is 0 Å². The second-order valence-corrected chi connectivity index (χ2v) is 14.0. The van der Waals surface area contributed by atoms with Crippen molar-refractivity contribution in [1.29, 1.82) is 0 Å². The first-order valence-electron chi connectivity index (χ1n) is 14.5. The van der Waals surface area contributed by atoms with Crippen molar-refractivity contribution < 1.29 is 13.7 Å². The molecule has 0 spiro atoms. The number of nitrogens with zero attached hydrogens (tertiary/aromatic N) is 5. The molecule has 1 N–H and O–H groups in total. The number of rotatable bonds is 4. The number of likely N-dealkylation sites (tertiary alicyclic amines) is 2. The van der Waals surface area contributed by atoms with E-state index in [-0.39, 0.29) is 5.91 Å². The van der Waals surface area contributed by atoms with Crippen molar-refractivity contribution in [2.75, 3.05) is 68.0 Å².